The van der Waals surface area contributed by atoms with Crippen LogP contribution in [0.2, 0.25) is 0 Å². The molecular formula is C25H35N3O2. The summed E-state index contributed by atoms with van der Waals surface area (Å²) in [6.45, 7) is 3.62. The topological polar surface area (TPSA) is 47.0 Å². The molecule has 0 unspecified atom stereocenters. The Morgan fingerprint density at radius 3 is 2.50 bits per heavy atom. The molecule has 1 N–H and O–H groups in total. The van der Waals surface area contributed by atoms with Crippen LogP contribution in [0.4, 0.5) is 0 Å². The van der Waals surface area contributed by atoms with Crippen LogP contribution in [0, 0.1) is 17.8 Å². The maximum Gasteiger partial charge on any atom is 0.225 e. The van der Waals surface area contributed by atoms with Gasteiger partial charge in [0.05, 0.1) is 13.2 Å². The number of aliphatic hydroxyl groups excluding tert-OH is 1. The summed E-state index contributed by atoms with van der Waals surface area (Å²) in [6, 6.07) is 8.98. The van der Waals surface area contributed by atoms with E-state index in [0.717, 1.165) is 57.4 Å². The molecule has 3 aliphatic rings. The van der Waals surface area contributed by atoms with Gasteiger partial charge in [0.15, 0.2) is 0 Å². The monoisotopic (exact) mass is 409 g/mol. The van der Waals surface area contributed by atoms with Crippen LogP contribution < -0.4 is 0 Å². The van der Waals surface area contributed by atoms with Crippen molar-refractivity contribution in [2.45, 2.75) is 50.1 Å². The van der Waals surface area contributed by atoms with Crippen LogP contribution in [0.3, 0.4) is 0 Å². The zero-order valence-corrected chi connectivity index (χ0v) is 18.4. The summed E-state index contributed by atoms with van der Waals surface area (Å²) < 4.78 is 0. The van der Waals surface area contributed by atoms with Gasteiger partial charge in [0.2, 0.25) is 5.91 Å². The van der Waals surface area contributed by atoms with E-state index in [1.54, 1.807) is 0 Å². The maximum atomic E-state index is 12.9. The Morgan fingerprint density at radius 1 is 1.13 bits per heavy atom. The van der Waals surface area contributed by atoms with Gasteiger partial charge in [0, 0.05) is 42.6 Å². The van der Waals surface area contributed by atoms with Gasteiger partial charge in [0.25, 0.3) is 0 Å². The number of fused-ring (bicyclic) bond motifs is 1. The number of nitrogens with zero attached hydrogens (tertiary/aromatic N) is 3. The lowest BCUT2D eigenvalue weighted by atomic mass is 9.74. The first-order valence-electron chi connectivity index (χ1n) is 11.5. The molecule has 3 atom stereocenters. The number of hydrogen-bond acceptors (Lipinski definition) is 4. The number of aliphatic hydroxyl groups is 1. The van der Waals surface area contributed by atoms with Crippen molar-refractivity contribution in [2.24, 2.45) is 5.92 Å². The molecule has 2 aliphatic heterocycles. The van der Waals surface area contributed by atoms with Gasteiger partial charge in [-0.05, 0) is 64.0 Å². The minimum Gasteiger partial charge on any atom is -0.395 e. The third-order valence-corrected chi connectivity index (χ3v) is 7.06. The van der Waals surface area contributed by atoms with Crippen molar-refractivity contribution in [2.75, 3.05) is 46.9 Å². The average Bonchev–Trinajstić information content (AvgIpc) is 2.66. The molecule has 0 spiro atoms. The number of hydrogen-bond donors (Lipinski definition) is 1. The highest BCUT2D eigenvalue weighted by atomic mass is 16.3. The average molecular weight is 410 g/mol. The molecule has 5 nitrogen and oxygen atoms in total. The lowest BCUT2D eigenvalue weighted by Crippen LogP contribution is -2.68. The molecule has 1 saturated carbocycles. The third kappa shape index (κ3) is 4.42. The largest absolute Gasteiger partial charge is 0.395 e. The normalized spacial score (nSPS) is 27.2. The van der Waals surface area contributed by atoms with E-state index in [4.69, 9.17) is 0 Å². The second kappa shape index (κ2) is 9.51. The molecule has 1 aromatic rings. The van der Waals surface area contributed by atoms with Crippen LogP contribution in [0.15, 0.2) is 24.3 Å². The van der Waals surface area contributed by atoms with E-state index < -0.39 is 0 Å². The van der Waals surface area contributed by atoms with Crippen molar-refractivity contribution in [1.29, 1.82) is 0 Å². The first kappa shape index (κ1) is 21.4. The van der Waals surface area contributed by atoms with Gasteiger partial charge in [-0.2, -0.15) is 0 Å². The van der Waals surface area contributed by atoms with E-state index in [2.05, 4.69) is 50.8 Å². The molecular weight excluding hydrogens is 374 g/mol. The fraction of sp³-hybridized carbons (Fsp3) is 0.640. The van der Waals surface area contributed by atoms with E-state index in [0.29, 0.717) is 11.9 Å². The van der Waals surface area contributed by atoms with Gasteiger partial charge in [-0.3, -0.25) is 14.6 Å². The maximum absolute atomic E-state index is 12.9. The van der Waals surface area contributed by atoms with Crippen LogP contribution in [0.25, 0.3) is 0 Å². The first-order chi connectivity index (χ1) is 14.6. The lowest BCUT2D eigenvalue weighted by Gasteiger charge is -2.57. The van der Waals surface area contributed by atoms with Crippen LogP contribution in [0.5, 0.6) is 0 Å². The van der Waals surface area contributed by atoms with Crippen molar-refractivity contribution < 1.29 is 9.90 Å². The van der Waals surface area contributed by atoms with Crippen molar-refractivity contribution in [3.63, 3.8) is 0 Å². The lowest BCUT2D eigenvalue weighted by molar-refractivity contribution is -0.143. The van der Waals surface area contributed by atoms with Crippen LogP contribution in [0.1, 0.15) is 49.1 Å². The summed E-state index contributed by atoms with van der Waals surface area (Å²) in [6.07, 6.45) is 5.46. The first-order valence-corrected chi connectivity index (χ1v) is 11.5. The summed E-state index contributed by atoms with van der Waals surface area (Å²) in [5.41, 5.74) is 2.28. The van der Waals surface area contributed by atoms with Gasteiger partial charge in [-0.1, -0.05) is 30.4 Å². The Kier molecular flexibility index (Phi) is 6.77. The van der Waals surface area contributed by atoms with E-state index in [-0.39, 0.29) is 24.5 Å². The summed E-state index contributed by atoms with van der Waals surface area (Å²) in [5, 5.41) is 10.1. The van der Waals surface area contributed by atoms with Gasteiger partial charge in [-0.15, -0.1) is 0 Å². The summed E-state index contributed by atoms with van der Waals surface area (Å²) in [4.78, 5) is 19.6. The Morgan fingerprint density at radius 2 is 1.87 bits per heavy atom. The van der Waals surface area contributed by atoms with Crippen LogP contribution >= 0.6 is 0 Å². The smallest absolute Gasteiger partial charge is 0.225 e. The summed E-state index contributed by atoms with van der Waals surface area (Å²) >= 11 is 0. The van der Waals surface area contributed by atoms with E-state index in [9.17, 15) is 9.90 Å². The minimum atomic E-state index is 0.152. The minimum absolute atomic E-state index is 0.152. The highest BCUT2D eigenvalue weighted by Crippen LogP contribution is 2.42. The Labute approximate surface area is 181 Å². The number of carbonyl (C=O) groups excluding carboxylic acids is 1. The molecule has 3 fully saturated rings. The zero-order chi connectivity index (χ0) is 21.1. The fourth-order valence-corrected chi connectivity index (χ4v) is 5.14. The molecule has 1 aromatic carbocycles. The standard InChI is InChI=1S/C25H35N3O2/c1-26(2)14-6-7-19-10-12-20(13-11-19)24-22-17-27(25(30)21-8-5-9-21)15-3-4-16-28(22)23(24)18-29/h10-13,21-24,29H,3-5,8-9,14-18H2,1-2H3/t22-,23+,24-/m0/s1. The molecule has 0 bridgehead atoms. The van der Waals surface area contributed by atoms with Crippen molar-refractivity contribution in [1.82, 2.24) is 14.7 Å². The molecule has 30 heavy (non-hydrogen) atoms. The number of benzene rings is 1. The molecule has 0 radical (unpaired) electrons. The predicted octanol–water partition coefficient (Wildman–Crippen LogP) is 2.15. The number of rotatable bonds is 4. The quantitative estimate of drug-likeness (QED) is 0.774. The Bertz CT molecular complexity index is 791. The zero-order valence-electron chi connectivity index (χ0n) is 18.4. The highest BCUT2D eigenvalue weighted by molar-refractivity contribution is 5.79. The summed E-state index contributed by atoms with van der Waals surface area (Å²) in [5.74, 6) is 7.29. The predicted molar refractivity (Wildman–Crippen MR) is 119 cm³/mol. The summed E-state index contributed by atoms with van der Waals surface area (Å²) in [7, 11) is 4.03. The second-order valence-corrected chi connectivity index (χ2v) is 9.36. The van der Waals surface area contributed by atoms with Crippen LogP contribution in [-0.4, -0.2) is 84.7 Å². The number of carbonyl (C=O) groups is 1. The Hall–Kier alpha value is -1.87. The molecule has 162 valence electrons. The van der Waals surface area contributed by atoms with Crippen molar-refractivity contribution in [3.8, 4) is 11.8 Å². The van der Waals surface area contributed by atoms with E-state index in [1.807, 2.05) is 14.1 Å². The van der Waals surface area contributed by atoms with Gasteiger partial charge < -0.3 is 10.0 Å². The fourth-order valence-electron chi connectivity index (χ4n) is 5.14. The number of amides is 1. The molecule has 2 heterocycles. The van der Waals surface area contributed by atoms with Gasteiger partial charge in [-0.25, -0.2) is 0 Å². The molecule has 4 rings (SSSR count). The highest BCUT2D eigenvalue weighted by Gasteiger charge is 2.49. The van der Waals surface area contributed by atoms with Crippen molar-refractivity contribution >= 4 is 5.91 Å². The molecule has 1 aliphatic carbocycles. The van der Waals surface area contributed by atoms with Crippen molar-refractivity contribution in [3.05, 3.63) is 35.4 Å². The second-order valence-electron chi connectivity index (χ2n) is 9.36. The van der Waals surface area contributed by atoms with Gasteiger partial charge >= 0.3 is 0 Å². The SMILES string of the molecule is CN(C)CC#Cc1ccc([C@@H]2[C@@H](CO)N3CCCCN(C(=O)C4CCC4)C[C@@H]23)cc1. The molecule has 1 amide bonds. The van der Waals surface area contributed by atoms with E-state index in [1.165, 1.54) is 12.0 Å². The van der Waals surface area contributed by atoms with Gasteiger partial charge in [0.1, 0.15) is 0 Å². The molecule has 2 saturated heterocycles. The molecule has 0 aromatic heterocycles. The third-order valence-electron chi connectivity index (χ3n) is 7.06. The molecule has 5 heteroatoms. The Balaban J connectivity index is 1.49. The van der Waals surface area contributed by atoms with E-state index >= 15 is 0 Å². The van der Waals surface area contributed by atoms with Crippen LogP contribution in [-0.2, 0) is 4.79 Å².